The Balaban J connectivity index is 1.75. The molecule has 3 rings (SSSR count). The maximum Gasteiger partial charge on any atom is 0.405 e. The fraction of sp³-hybridized carbons (Fsp3) is 0.500. The van der Waals surface area contributed by atoms with E-state index < -0.39 is 32.1 Å². The van der Waals surface area contributed by atoms with Crippen LogP contribution < -0.4 is 5.32 Å². The average Bonchev–Trinajstić information content (AvgIpc) is 3.17. The molecule has 0 aromatic heterocycles. The number of carbonyl (C=O) groups is 1. The maximum atomic E-state index is 13.0. The number of halogens is 3. The molecule has 0 bridgehead atoms. The molecule has 9 heteroatoms. The zero-order chi connectivity index (χ0) is 25.5. The van der Waals surface area contributed by atoms with Crippen molar-refractivity contribution >= 4 is 13.5 Å². The van der Waals surface area contributed by atoms with Crippen LogP contribution in [0.4, 0.5) is 13.2 Å². The normalized spacial score (nSPS) is 15.1. The molecule has 35 heavy (non-hydrogen) atoms. The van der Waals surface area contributed by atoms with E-state index in [4.69, 9.17) is 9.05 Å². The highest BCUT2D eigenvalue weighted by Gasteiger charge is 2.37. The lowest BCUT2D eigenvalue weighted by molar-refractivity contribution is -0.138. The van der Waals surface area contributed by atoms with Crippen molar-refractivity contribution in [2.24, 2.45) is 0 Å². The molecule has 0 saturated heterocycles. The minimum atomic E-state index is -4.47. The van der Waals surface area contributed by atoms with Gasteiger partial charge >= 0.3 is 13.8 Å². The first-order valence-electron chi connectivity index (χ1n) is 12.1. The molecule has 2 aromatic carbocycles. The summed E-state index contributed by atoms with van der Waals surface area (Å²) < 4.78 is 62.2. The molecule has 0 radical (unpaired) electrons. The summed E-state index contributed by atoms with van der Waals surface area (Å²) in [6.45, 7) is 3.33. The van der Waals surface area contributed by atoms with Crippen LogP contribution in [0.25, 0.3) is 11.1 Å². The number of benzene rings is 2. The number of carbonyl (C=O) groups excluding carboxylic acids is 1. The lowest BCUT2D eigenvalue weighted by Crippen LogP contribution is -2.36. The number of hydrogen-bond acceptors (Lipinski definition) is 4. The zero-order valence-electron chi connectivity index (χ0n) is 20.2. The van der Waals surface area contributed by atoms with Crippen LogP contribution >= 0.6 is 7.60 Å². The van der Waals surface area contributed by atoms with E-state index in [1.54, 1.807) is 12.1 Å². The Hall–Kier alpha value is -2.15. The molecule has 5 nitrogen and oxygen atoms in total. The molecular formula is C26H33F3NO4P. The van der Waals surface area contributed by atoms with Gasteiger partial charge in [0, 0.05) is 0 Å². The van der Waals surface area contributed by atoms with Gasteiger partial charge in [-0.3, -0.25) is 9.36 Å². The zero-order valence-corrected chi connectivity index (χ0v) is 21.1. The van der Waals surface area contributed by atoms with E-state index in [9.17, 15) is 22.5 Å². The number of fused-ring (bicyclic) bond motifs is 3. The molecule has 1 amide bonds. The number of nitrogens with one attached hydrogen (secondary N) is 1. The summed E-state index contributed by atoms with van der Waals surface area (Å²) in [5.74, 6) is -1.44. The Labute approximate surface area is 204 Å². The number of unbranched alkanes of at least 4 members (excludes halogenated alkanes) is 1. The summed E-state index contributed by atoms with van der Waals surface area (Å²) in [6, 6.07) is 13.0. The Morgan fingerprint density at radius 1 is 0.971 bits per heavy atom. The summed E-state index contributed by atoms with van der Waals surface area (Å²) in [5.41, 5.74) is 4.21. The minimum absolute atomic E-state index is 0.334. The number of amides is 1. The van der Waals surface area contributed by atoms with Crippen molar-refractivity contribution in [1.29, 1.82) is 0 Å². The van der Waals surface area contributed by atoms with Crippen LogP contribution in [-0.4, -0.2) is 38.0 Å². The van der Waals surface area contributed by atoms with Crippen LogP contribution in [0.15, 0.2) is 42.5 Å². The number of alkyl halides is 3. The number of aryl methyl sites for hydroxylation is 1. The molecule has 2 aromatic rings. The molecular weight excluding hydrogens is 478 g/mol. The van der Waals surface area contributed by atoms with Crippen molar-refractivity contribution in [3.05, 3.63) is 59.2 Å². The second-order valence-corrected chi connectivity index (χ2v) is 10.9. The predicted molar refractivity (Wildman–Crippen MR) is 131 cm³/mol. The predicted octanol–water partition coefficient (Wildman–Crippen LogP) is 6.85. The standard InChI is InChI=1S/C26H33F3NO4P/c1-3-15-33-35(32,34-16-4-2)17-8-7-10-19-11-9-14-22-23(19)20-12-5-6-13-21(20)24(22)25(31)30-18-26(27,28)29/h5-6,9,11-14,24H,3-4,7-8,10,15-18H2,1-2H3,(H,30,31). The highest BCUT2D eigenvalue weighted by Crippen LogP contribution is 2.50. The van der Waals surface area contributed by atoms with Gasteiger partial charge in [0.15, 0.2) is 0 Å². The van der Waals surface area contributed by atoms with Gasteiger partial charge in [-0.1, -0.05) is 56.3 Å². The van der Waals surface area contributed by atoms with Gasteiger partial charge in [0.2, 0.25) is 5.91 Å². The summed E-state index contributed by atoms with van der Waals surface area (Å²) in [5, 5.41) is 2.05. The third-order valence-corrected chi connectivity index (χ3v) is 7.89. The van der Waals surface area contributed by atoms with Crippen molar-refractivity contribution in [3.63, 3.8) is 0 Å². The quantitative estimate of drug-likeness (QED) is 0.236. The number of hydrogen-bond donors (Lipinski definition) is 1. The van der Waals surface area contributed by atoms with E-state index in [2.05, 4.69) is 0 Å². The van der Waals surface area contributed by atoms with Gasteiger partial charge in [-0.2, -0.15) is 13.2 Å². The van der Waals surface area contributed by atoms with E-state index in [0.29, 0.717) is 43.3 Å². The first kappa shape index (κ1) is 27.4. The topological polar surface area (TPSA) is 64.6 Å². The van der Waals surface area contributed by atoms with Gasteiger partial charge in [0.25, 0.3) is 0 Å². The molecule has 1 unspecified atom stereocenters. The molecule has 1 atom stereocenters. The van der Waals surface area contributed by atoms with E-state index in [0.717, 1.165) is 36.0 Å². The van der Waals surface area contributed by atoms with Crippen LogP contribution in [0.1, 0.15) is 62.1 Å². The van der Waals surface area contributed by atoms with E-state index in [-0.39, 0.29) is 0 Å². The van der Waals surface area contributed by atoms with Crippen molar-refractivity contribution < 1.29 is 31.6 Å². The summed E-state index contributed by atoms with van der Waals surface area (Å²) in [4.78, 5) is 12.8. The van der Waals surface area contributed by atoms with Gasteiger partial charge in [0.05, 0.1) is 25.3 Å². The van der Waals surface area contributed by atoms with Crippen LogP contribution in [0.3, 0.4) is 0 Å². The largest absolute Gasteiger partial charge is 0.405 e. The van der Waals surface area contributed by atoms with E-state index >= 15 is 0 Å². The monoisotopic (exact) mass is 511 g/mol. The van der Waals surface area contributed by atoms with Gasteiger partial charge in [-0.25, -0.2) is 0 Å². The molecule has 192 valence electrons. The van der Waals surface area contributed by atoms with Crippen molar-refractivity contribution in [2.75, 3.05) is 25.9 Å². The second-order valence-electron chi connectivity index (χ2n) is 8.69. The van der Waals surface area contributed by atoms with Gasteiger partial charge in [-0.15, -0.1) is 0 Å². The first-order valence-corrected chi connectivity index (χ1v) is 13.9. The Morgan fingerprint density at radius 2 is 1.63 bits per heavy atom. The van der Waals surface area contributed by atoms with Crippen molar-refractivity contribution in [3.8, 4) is 11.1 Å². The third-order valence-electron chi connectivity index (χ3n) is 5.87. The molecule has 1 aliphatic rings. The van der Waals surface area contributed by atoms with Crippen LogP contribution in [-0.2, 0) is 24.8 Å². The van der Waals surface area contributed by atoms with Gasteiger partial charge in [0.1, 0.15) is 6.54 Å². The van der Waals surface area contributed by atoms with Crippen molar-refractivity contribution in [2.45, 2.75) is 58.0 Å². The summed E-state index contributed by atoms with van der Waals surface area (Å²) in [7, 11) is -3.13. The highest BCUT2D eigenvalue weighted by molar-refractivity contribution is 7.53. The number of rotatable bonds is 13. The average molecular weight is 512 g/mol. The van der Waals surface area contributed by atoms with Gasteiger partial charge in [-0.05, 0) is 59.9 Å². The molecule has 0 heterocycles. The molecule has 0 aliphatic heterocycles. The highest BCUT2D eigenvalue weighted by atomic mass is 31.2. The first-order chi connectivity index (χ1) is 16.7. The van der Waals surface area contributed by atoms with Crippen LogP contribution in [0.2, 0.25) is 0 Å². The Morgan fingerprint density at radius 3 is 2.29 bits per heavy atom. The van der Waals surface area contributed by atoms with Gasteiger partial charge < -0.3 is 14.4 Å². The Kier molecular flexibility index (Phi) is 9.56. The molecule has 0 fully saturated rings. The SMILES string of the molecule is CCCOP(=O)(CCCCc1cccc2c1-c1ccccc1C2C(=O)NCC(F)(F)F)OCCC. The Bertz CT molecular complexity index is 1050. The minimum Gasteiger partial charge on any atom is -0.346 e. The fourth-order valence-corrected chi connectivity index (χ4v) is 6.23. The summed E-state index contributed by atoms with van der Waals surface area (Å²) >= 11 is 0. The molecule has 1 aliphatic carbocycles. The van der Waals surface area contributed by atoms with Crippen molar-refractivity contribution in [1.82, 2.24) is 5.32 Å². The smallest absolute Gasteiger partial charge is 0.346 e. The van der Waals surface area contributed by atoms with E-state index in [1.807, 2.05) is 49.5 Å². The lowest BCUT2D eigenvalue weighted by Gasteiger charge is -2.18. The lowest BCUT2D eigenvalue weighted by atomic mass is 9.93. The fourth-order valence-electron chi connectivity index (χ4n) is 4.36. The third kappa shape index (κ3) is 7.18. The summed E-state index contributed by atoms with van der Waals surface area (Å²) in [6.07, 6.45) is -0.569. The molecule has 0 spiro atoms. The van der Waals surface area contributed by atoms with Crippen LogP contribution in [0, 0.1) is 0 Å². The van der Waals surface area contributed by atoms with Crippen LogP contribution in [0.5, 0.6) is 0 Å². The molecule has 1 N–H and O–H groups in total. The maximum absolute atomic E-state index is 13.0. The second kappa shape index (κ2) is 12.2. The van der Waals surface area contributed by atoms with E-state index in [1.165, 1.54) is 0 Å². The molecule has 0 saturated carbocycles.